The molecule has 1 rings (SSSR count). The van der Waals surface area contributed by atoms with E-state index in [0.29, 0.717) is 6.04 Å². The SMILES string of the molecule is CCC1CCC(CNC(C)CN)CC1. The first kappa shape index (κ1) is 12.0. The van der Waals surface area contributed by atoms with E-state index in [1.165, 1.54) is 38.6 Å². The van der Waals surface area contributed by atoms with Crippen LogP contribution in [0.3, 0.4) is 0 Å². The molecule has 0 spiro atoms. The van der Waals surface area contributed by atoms with E-state index in [4.69, 9.17) is 5.73 Å². The first-order valence-electron chi connectivity index (χ1n) is 6.19. The van der Waals surface area contributed by atoms with Gasteiger partial charge in [-0.15, -0.1) is 0 Å². The fourth-order valence-electron chi connectivity index (χ4n) is 2.30. The average molecular weight is 198 g/mol. The van der Waals surface area contributed by atoms with Crippen molar-refractivity contribution in [3.8, 4) is 0 Å². The molecular weight excluding hydrogens is 172 g/mol. The predicted octanol–water partition coefficient (Wildman–Crippen LogP) is 2.14. The standard InChI is InChI=1S/C12H26N2/c1-3-11-4-6-12(7-5-11)9-14-10(2)8-13/h10-12,14H,3-9,13H2,1-2H3. The van der Waals surface area contributed by atoms with E-state index in [-0.39, 0.29) is 0 Å². The third-order valence-corrected chi connectivity index (χ3v) is 3.65. The molecule has 1 saturated carbocycles. The first-order valence-corrected chi connectivity index (χ1v) is 6.19. The van der Waals surface area contributed by atoms with Gasteiger partial charge < -0.3 is 11.1 Å². The molecule has 14 heavy (non-hydrogen) atoms. The topological polar surface area (TPSA) is 38.0 Å². The van der Waals surface area contributed by atoms with E-state index in [1.807, 2.05) is 0 Å². The van der Waals surface area contributed by atoms with Crippen LogP contribution in [0.4, 0.5) is 0 Å². The zero-order valence-corrected chi connectivity index (χ0v) is 9.76. The molecule has 0 aromatic carbocycles. The van der Waals surface area contributed by atoms with Gasteiger partial charge in [0, 0.05) is 12.6 Å². The van der Waals surface area contributed by atoms with Crippen molar-refractivity contribution in [3.63, 3.8) is 0 Å². The molecule has 1 fully saturated rings. The Hall–Kier alpha value is -0.0800. The van der Waals surface area contributed by atoms with Crippen LogP contribution in [-0.4, -0.2) is 19.1 Å². The Morgan fingerprint density at radius 1 is 1.21 bits per heavy atom. The summed E-state index contributed by atoms with van der Waals surface area (Å²) in [6.45, 7) is 6.41. The second-order valence-electron chi connectivity index (χ2n) is 4.84. The van der Waals surface area contributed by atoms with Crippen molar-refractivity contribution >= 4 is 0 Å². The highest BCUT2D eigenvalue weighted by Gasteiger charge is 2.19. The average Bonchev–Trinajstić information content (AvgIpc) is 2.26. The minimum absolute atomic E-state index is 0.485. The molecule has 2 heteroatoms. The van der Waals surface area contributed by atoms with Crippen molar-refractivity contribution in [2.24, 2.45) is 17.6 Å². The lowest BCUT2D eigenvalue weighted by atomic mass is 9.81. The Kier molecular flexibility index (Phi) is 5.49. The summed E-state index contributed by atoms with van der Waals surface area (Å²) < 4.78 is 0. The van der Waals surface area contributed by atoms with Crippen LogP contribution in [0.15, 0.2) is 0 Å². The molecule has 0 aliphatic heterocycles. The largest absolute Gasteiger partial charge is 0.329 e. The van der Waals surface area contributed by atoms with E-state index >= 15 is 0 Å². The van der Waals surface area contributed by atoms with Crippen LogP contribution < -0.4 is 11.1 Å². The Balaban J connectivity index is 2.10. The molecule has 0 amide bonds. The molecule has 1 unspecified atom stereocenters. The fourth-order valence-corrected chi connectivity index (χ4v) is 2.30. The highest BCUT2D eigenvalue weighted by molar-refractivity contribution is 4.74. The summed E-state index contributed by atoms with van der Waals surface area (Å²) in [5, 5.41) is 3.51. The minimum atomic E-state index is 0.485. The monoisotopic (exact) mass is 198 g/mol. The van der Waals surface area contributed by atoms with Crippen LogP contribution in [0.2, 0.25) is 0 Å². The van der Waals surface area contributed by atoms with Crippen LogP contribution in [-0.2, 0) is 0 Å². The lowest BCUT2D eigenvalue weighted by Gasteiger charge is -2.28. The highest BCUT2D eigenvalue weighted by Crippen LogP contribution is 2.30. The second kappa shape index (κ2) is 6.41. The van der Waals surface area contributed by atoms with Crippen LogP contribution in [0.25, 0.3) is 0 Å². The van der Waals surface area contributed by atoms with Crippen molar-refractivity contribution < 1.29 is 0 Å². The third-order valence-electron chi connectivity index (χ3n) is 3.65. The molecule has 3 N–H and O–H groups in total. The number of rotatable bonds is 5. The maximum Gasteiger partial charge on any atom is 0.0162 e. The van der Waals surface area contributed by atoms with Crippen molar-refractivity contribution in [2.75, 3.05) is 13.1 Å². The molecule has 0 saturated heterocycles. The molecule has 1 aliphatic carbocycles. The quantitative estimate of drug-likeness (QED) is 0.710. The zero-order chi connectivity index (χ0) is 10.4. The molecule has 0 radical (unpaired) electrons. The van der Waals surface area contributed by atoms with Crippen molar-refractivity contribution in [1.82, 2.24) is 5.32 Å². The van der Waals surface area contributed by atoms with Gasteiger partial charge in [-0.05, 0) is 38.1 Å². The number of hydrogen-bond donors (Lipinski definition) is 2. The van der Waals surface area contributed by atoms with Crippen molar-refractivity contribution in [1.29, 1.82) is 0 Å². The van der Waals surface area contributed by atoms with Crippen LogP contribution in [0.1, 0.15) is 46.0 Å². The number of nitrogens with one attached hydrogen (secondary N) is 1. The van der Waals surface area contributed by atoms with Gasteiger partial charge in [0.2, 0.25) is 0 Å². The lowest BCUT2D eigenvalue weighted by molar-refractivity contribution is 0.258. The van der Waals surface area contributed by atoms with E-state index in [9.17, 15) is 0 Å². The number of nitrogens with two attached hydrogens (primary N) is 1. The molecule has 2 nitrogen and oxygen atoms in total. The van der Waals surface area contributed by atoms with Gasteiger partial charge in [-0.1, -0.05) is 26.2 Å². The molecule has 0 bridgehead atoms. The van der Waals surface area contributed by atoms with Crippen LogP contribution in [0.5, 0.6) is 0 Å². The first-order chi connectivity index (χ1) is 6.76. The smallest absolute Gasteiger partial charge is 0.0162 e. The molecule has 0 heterocycles. The second-order valence-corrected chi connectivity index (χ2v) is 4.84. The van der Waals surface area contributed by atoms with Gasteiger partial charge in [-0.2, -0.15) is 0 Å². The van der Waals surface area contributed by atoms with Gasteiger partial charge in [-0.25, -0.2) is 0 Å². The van der Waals surface area contributed by atoms with Crippen molar-refractivity contribution in [2.45, 2.75) is 52.0 Å². The molecule has 84 valence electrons. The third kappa shape index (κ3) is 3.97. The summed E-state index contributed by atoms with van der Waals surface area (Å²) in [4.78, 5) is 0. The normalized spacial score (nSPS) is 30.2. The summed E-state index contributed by atoms with van der Waals surface area (Å²) in [6, 6.07) is 0.485. The van der Waals surface area contributed by atoms with Crippen molar-refractivity contribution in [3.05, 3.63) is 0 Å². The Morgan fingerprint density at radius 2 is 1.79 bits per heavy atom. The van der Waals surface area contributed by atoms with Gasteiger partial charge in [0.05, 0.1) is 0 Å². The summed E-state index contributed by atoms with van der Waals surface area (Å²) >= 11 is 0. The molecule has 0 aromatic heterocycles. The lowest BCUT2D eigenvalue weighted by Crippen LogP contribution is -2.37. The Morgan fingerprint density at radius 3 is 2.29 bits per heavy atom. The predicted molar refractivity (Wildman–Crippen MR) is 62.3 cm³/mol. The van der Waals surface area contributed by atoms with Gasteiger partial charge >= 0.3 is 0 Å². The van der Waals surface area contributed by atoms with Gasteiger partial charge in [0.1, 0.15) is 0 Å². The summed E-state index contributed by atoms with van der Waals surface area (Å²) in [6.07, 6.45) is 7.10. The van der Waals surface area contributed by atoms with Gasteiger partial charge in [0.25, 0.3) is 0 Å². The summed E-state index contributed by atoms with van der Waals surface area (Å²) in [7, 11) is 0. The Bertz CT molecular complexity index is 139. The van der Waals surface area contributed by atoms with E-state index < -0.39 is 0 Å². The van der Waals surface area contributed by atoms with Crippen LogP contribution in [0, 0.1) is 11.8 Å². The summed E-state index contributed by atoms with van der Waals surface area (Å²) in [5.74, 6) is 1.92. The minimum Gasteiger partial charge on any atom is -0.329 e. The molecular formula is C12H26N2. The molecule has 1 aliphatic rings. The Labute approximate surface area is 88.6 Å². The maximum absolute atomic E-state index is 5.57. The molecule has 1 atom stereocenters. The van der Waals surface area contributed by atoms with Crippen LogP contribution >= 0.6 is 0 Å². The van der Waals surface area contributed by atoms with E-state index in [2.05, 4.69) is 19.2 Å². The zero-order valence-electron chi connectivity index (χ0n) is 9.76. The van der Waals surface area contributed by atoms with E-state index in [1.54, 1.807) is 0 Å². The maximum atomic E-state index is 5.57. The van der Waals surface area contributed by atoms with E-state index in [0.717, 1.165) is 18.4 Å². The fraction of sp³-hybridized carbons (Fsp3) is 1.00. The summed E-state index contributed by atoms with van der Waals surface area (Å²) in [5.41, 5.74) is 5.57. The van der Waals surface area contributed by atoms with Gasteiger partial charge in [-0.3, -0.25) is 0 Å². The molecule has 0 aromatic rings. The highest BCUT2D eigenvalue weighted by atomic mass is 14.9. The number of hydrogen-bond acceptors (Lipinski definition) is 2. The van der Waals surface area contributed by atoms with Gasteiger partial charge in [0.15, 0.2) is 0 Å².